The molecule has 1 fully saturated rings. The fourth-order valence-electron chi connectivity index (χ4n) is 2.69. The van der Waals surface area contributed by atoms with E-state index in [0.29, 0.717) is 12.1 Å². The topological polar surface area (TPSA) is 18.5 Å². The first-order valence-electron chi connectivity index (χ1n) is 7.48. The maximum Gasteiger partial charge on any atom is 0.0511 e. The van der Waals surface area contributed by atoms with Crippen molar-refractivity contribution in [3.05, 3.63) is 28.2 Å². The van der Waals surface area contributed by atoms with Gasteiger partial charge in [-0.25, -0.2) is 0 Å². The van der Waals surface area contributed by atoms with E-state index in [-0.39, 0.29) is 0 Å². The Balaban J connectivity index is 2.07. The molecule has 4 heteroatoms. The van der Waals surface area contributed by atoms with E-state index >= 15 is 0 Å². The molecule has 1 atom stereocenters. The third-order valence-corrected chi connectivity index (χ3v) is 4.93. The SMILES string of the molecule is CNC(C)c1ccc(N2CCN(C(C)C)CC2)c(Br)c1. The molecular formula is C16H26BrN3. The Labute approximate surface area is 131 Å². The van der Waals surface area contributed by atoms with E-state index in [0.717, 1.165) is 26.2 Å². The molecule has 112 valence electrons. The van der Waals surface area contributed by atoms with Crippen LogP contribution >= 0.6 is 15.9 Å². The lowest BCUT2D eigenvalue weighted by molar-refractivity contribution is 0.209. The van der Waals surface area contributed by atoms with Gasteiger partial charge in [0, 0.05) is 42.7 Å². The Hall–Kier alpha value is -0.580. The molecule has 0 bridgehead atoms. The third kappa shape index (κ3) is 3.54. The zero-order valence-electron chi connectivity index (χ0n) is 13.0. The molecule has 1 saturated heterocycles. The minimum Gasteiger partial charge on any atom is -0.368 e. The summed E-state index contributed by atoms with van der Waals surface area (Å²) in [7, 11) is 2.00. The summed E-state index contributed by atoms with van der Waals surface area (Å²) < 4.78 is 1.20. The third-order valence-electron chi connectivity index (χ3n) is 4.29. The van der Waals surface area contributed by atoms with Crippen LogP contribution in [0.25, 0.3) is 0 Å². The Morgan fingerprint density at radius 1 is 1.10 bits per heavy atom. The molecule has 0 saturated carbocycles. The predicted octanol–water partition coefficient (Wildman–Crippen LogP) is 3.26. The molecule has 1 aliphatic rings. The largest absolute Gasteiger partial charge is 0.368 e. The molecule has 3 nitrogen and oxygen atoms in total. The van der Waals surface area contributed by atoms with Gasteiger partial charge in [-0.05, 0) is 61.4 Å². The Morgan fingerprint density at radius 2 is 1.75 bits per heavy atom. The number of nitrogens with zero attached hydrogens (tertiary/aromatic N) is 2. The fourth-order valence-corrected chi connectivity index (χ4v) is 3.34. The highest BCUT2D eigenvalue weighted by atomic mass is 79.9. The summed E-state index contributed by atoms with van der Waals surface area (Å²) in [5.74, 6) is 0. The standard InChI is InChI=1S/C16H26BrN3/c1-12(2)19-7-9-20(10-8-19)16-6-5-14(11-15(16)17)13(3)18-4/h5-6,11-13,18H,7-10H2,1-4H3. The van der Waals surface area contributed by atoms with Crippen LogP contribution in [-0.4, -0.2) is 44.2 Å². The lowest BCUT2D eigenvalue weighted by Gasteiger charge is -2.38. The molecule has 1 aromatic carbocycles. The number of benzene rings is 1. The minimum absolute atomic E-state index is 0.387. The van der Waals surface area contributed by atoms with E-state index in [1.54, 1.807) is 0 Å². The molecule has 0 aliphatic carbocycles. The summed E-state index contributed by atoms with van der Waals surface area (Å²) in [6.45, 7) is 11.3. The number of rotatable bonds is 4. The van der Waals surface area contributed by atoms with Gasteiger partial charge < -0.3 is 10.2 Å². The number of hydrogen-bond donors (Lipinski definition) is 1. The number of anilines is 1. The number of piperazine rings is 1. The Kier molecular flexibility index (Phi) is 5.47. The highest BCUT2D eigenvalue weighted by molar-refractivity contribution is 9.10. The monoisotopic (exact) mass is 339 g/mol. The van der Waals surface area contributed by atoms with Crippen LogP contribution in [-0.2, 0) is 0 Å². The zero-order chi connectivity index (χ0) is 14.7. The van der Waals surface area contributed by atoms with E-state index in [1.165, 1.54) is 15.7 Å². The van der Waals surface area contributed by atoms with Crippen molar-refractivity contribution in [1.29, 1.82) is 0 Å². The normalized spacial score (nSPS) is 18.6. The summed E-state index contributed by atoms with van der Waals surface area (Å²) in [6, 6.07) is 7.76. The van der Waals surface area contributed by atoms with Crippen LogP contribution in [0.2, 0.25) is 0 Å². The van der Waals surface area contributed by atoms with Gasteiger partial charge in [0.05, 0.1) is 5.69 Å². The van der Waals surface area contributed by atoms with Crippen LogP contribution in [0.1, 0.15) is 32.4 Å². The Morgan fingerprint density at radius 3 is 2.25 bits per heavy atom. The summed E-state index contributed by atoms with van der Waals surface area (Å²) in [6.07, 6.45) is 0. The fraction of sp³-hybridized carbons (Fsp3) is 0.625. The summed E-state index contributed by atoms with van der Waals surface area (Å²) in [5.41, 5.74) is 2.64. The molecule has 1 unspecified atom stereocenters. The second-order valence-electron chi connectivity index (χ2n) is 5.84. The van der Waals surface area contributed by atoms with Crippen LogP contribution in [0.4, 0.5) is 5.69 Å². The summed E-state index contributed by atoms with van der Waals surface area (Å²) in [4.78, 5) is 5.03. The van der Waals surface area contributed by atoms with Gasteiger partial charge in [0.15, 0.2) is 0 Å². The number of nitrogens with one attached hydrogen (secondary N) is 1. The van der Waals surface area contributed by atoms with E-state index in [9.17, 15) is 0 Å². The van der Waals surface area contributed by atoms with E-state index < -0.39 is 0 Å². The molecule has 0 aromatic heterocycles. The first kappa shape index (κ1) is 15.8. The molecule has 2 rings (SSSR count). The number of hydrogen-bond acceptors (Lipinski definition) is 3. The van der Waals surface area contributed by atoms with Gasteiger partial charge in [0.25, 0.3) is 0 Å². The lowest BCUT2D eigenvalue weighted by atomic mass is 10.1. The number of halogens is 1. The highest BCUT2D eigenvalue weighted by Crippen LogP contribution is 2.30. The van der Waals surface area contributed by atoms with Gasteiger partial charge in [-0.2, -0.15) is 0 Å². The zero-order valence-corrected chi connectivity index (χ0v) is 14.6. The second-order valence-corrected chi connectivity index (χ2v) is 6.69. The molecule has 1 N–H and O–H groups in total. The van der Waals surface area contributed by atoms with Gasteiger partial charge in [0.1, 0.15) is 0 Å². The smallest absolute Gasteiger partial charge is 0.0511 e. The molecule has 20 heavy (non-hydrogen) atoms. The lowest BCUT2D eigenvalue weighted by Crippen LogP contribution is -2.49. The molecular weight excluding hydrogens is 314 g/mol. The maximum absolute atomic E-state index is 3.74. The average Bonchev–Trinajstić information content (AvgIpc) is 2.46. The first-order chi connectivity index (χ1) is 9.52. The molecule has 1 heterocycles. The van der Waals surface area contributed by atoms with Gasteiger partial charge >= 0.3 is 0 Å². The van der Waals surface area contributed by atoms with Crippen molar-refractivity contribution in [2.75, 3.05) is 38.1 Å². The van der Waals surface area contributed by atoms with Crippen LogP contribution in [0.5, 0.6) is 0 Å². The highest BCUT2D eigenvalue weighted by Gasteiger charge is 2.20. The van der Waals surface area contributed by atoms with E-state index in [4.69, 9.17) is 0 Å². The van der Waals surface area contributed by atoms with Crippen molar-refractivity contribution in [3.8, 4) is 0 Å². The van der Waals surface area contributed by atoms with E-state index in [1.807, 2.05) is 7.05 Å². The van der Waals surface area contributed by atoms with Crippen molar-refractivity contribution in [3.63, 3.8) is 0 Å². The van der Waals surface area contributed by atoms with Crippen LogP contribution < -0.4 is 10.2 Å². The van der Waals surface area contributed by atoms with Crippen LogP contribution in [0, 0.1) is 0 Å². The summed E-state index contributed by atoms with van der Waals surface area (Å²) >= 11 is 3.74. The molecule has 0 radical (unpaired) electrons. The first-order valence-corrected chi connectivity index (χ1v) is 8.28. The van der Waals surface area contributed by atoms with Crippen molar-refractivity contribution in [2.45, 2.75) is 32.9 Å². The van der Waals surface area contributed by atoms with Crippen LogP contribution in [0.3, 0.4) is 0 Å². The average molecular weight is 340 g/mol. The molecule has 0 amide bonds. The van der Waals surface area contributed by atoms with Crippen molar-refractivity contribution in [1.82, 2.24) is 10.2 Å². The minimum atomic E-state index is 0.387. The Bertz CT molecular complexity index is 439. The van der Waals surface area contributed by atoms with Crippen molar-refractivity contribution < 1.29 is 0 Å². The predicted molar refractivity (Wildman–Crippen MR) is 90.5 cm³/mol. The van der Waals surface area contributed by atoms with Gasteiger partial charge in [0.2, 0.25) is 0 Å². The molecule has 1 aliphatic heterocycles. The van der Waals surface area contributed by atoms with Crippen molar-refractivity contribution in [2.24, 2.45) is 0 Å². The van der Waals surface area contributed by atoms with Gasteiger partial charge in [-0.15, -0.1) is 0 Å². The quantitative estimate of drug-likeness (QED) is 0.908. The van der Waals surface area contributed by atoms with Gasteiger partial charge in [-0.1, -0.05) is 6.07 Å². The van der Waals surface area contributed by atoms with Gasteiger partial charge in [-0.3, -0.25) is 4.90 Å². The summed E-state index contributed by atoms with van der Waals surface area (Å²) in [5, 5.41) is 3.28. The second kappa shape index (κ2) is 6.92. The van der Waals surface area contributed by atoms with E-state index in [2.05, 4.69) is 70.0 Å². The van der Waals surface area contributed by atoms with Crippen molar-refractivity contribution >= 4 is 21.6 Å². The molecule has 1 aromatic rings. The molecule has 0 spiro atoms. The maximum atomic E-state index is 3.74. The van der Waals surface area contributed by atoms with Crippen LogP contribution in [0.15, 0.2) is 22.7 Å².